The summed E-state index contributed by atoms with van der Waals surface area (Å²) >= 11 is 0. The van der Waals surface area contributed by atoms with E-state index in [9.17, 15) is 44.3 Å². The molecule has 0 N–H and O–H groups in total. The van der Waals surface area contributed by atoms with Crippen LogP contribution in [-0.4, -0.2) is 43.1 Å². The number of carbonyl (C=O) groups is 1. The number of hydrogen-bond donors (Lipinski definition) is 0. The fourth-order valence-electron chi connectivity index (χ4n) is 4.03. The molecule has 41 heavy (non-hydrogen) atoms. The molecule has 0 heterocycles. The molecular weight excluding hydrogens is 567 g/mol. The van der Waals surface area contributed by atoms with Gasteiger partial charge in [0.15, 0.2) is 0 Å². The average molecular weight is 595 g/mol. The van der Waals surface area contributed by atoms with Crippen LogP contribution in [0, 0.1) is 0 Å². The fourth-order valence-corrected chi connectivity index (χ4v) is 4.03. The lowest BCUT2D eigenvalue weighted by Gasteiger charge is -2.33. The number of esters is 1. The van der Waals surface area contributed by atoms with Gasteiger partial charge >= 0.3 is 29.9 Å². The molecule has 0 aliphatic heterocycles. The van der Waals surface area contributed by atoms with Gasteiger partial charge in [-0.15, -0.1) is 0 Å². The molecule has 0 bridgehead atoms. The minimum Gasteiger partial charge on any atom is -0.494 e. The van der Waals surface area contributed by atoms with Crippen LogP contribution >= 0.6 is 0 Å². The lowest BCUT2D eigenvalue weighted by molar-refractivity contribution is -0.396. The van der Waals surface area contributed by atoms with Gasteiger partial charge in [-0.05, 0) is 78.8 Å². The van der Waals surface area contributed by atoms with E-state index in [-0.39, 0.29) is 19.0 Å². The molecule has 0 fully saturated rings. The lowest BCUT2D eigenvalue weighted by Crippen LogP contribution is -2.60. The Kier molecular flexibility index (Phi) is 9.86. The van der Waals surface area contributed by atoms with Crippen molar-refractivity contribution in [3.8, 4) is 5.75 Å². The van der Waals surface area contributed by atoms with E-state index < -0.39 is 36.8 Å². The van der Waals surface area contributed by atoms with E-state index in [0.29, 0.717) is 17.9 Å². The summed E-state index contributed by atoms with van der Waals surface area (Å²) in [6.07, 6.45) is -8.27. The number of alkyl halides is 9. The third-order valence-electron chi connectivity index (χ3n) is 6.41. The molecule has 0 unspecified atom stereocenters. The van der Waals surface area contributed by atoms with Crippen LogP contribution in [0.15, 0.2) is 60.7 Å². The van der Waals surface area contributed by atoms with Gasteiger partial charge in [0.25, 0.3) is 0 Å². The van der Waals surface area contributed by atoms with Crippen molar-refractivity contribution in [2.75, 3.05) is 13.2 Å². The summed E-state index contributed by atoms with van der Waals surface area (Å²) in [6.45, 7) is 1.79. The fraction of sp³-hybridized carbons (Fsp3) is 0.414. The van der Waals surface area contributed by atoms with Gasteiger partial charge in [-0.3, -0.25) is 0 Å². The molecule has 224 valence electrons. The molecule has 12 heteroatoms. The van der Waals surface area contributed by atoms with Crippen molar-refractivity contribution in [2.45, 2.75) is 63.0 Å². The van der Waals surface area contributed by atoms with Gasteiger partial charge in [-0.25, -0.2) is 4.79 Å². The lowest BCUT2D eigenvalue weighted by atomic mass is 9.99. The summed E-state index contributed by atoms with van der Waals surface area (Å²) in [5.74, 6) is -19.1. The second-order valence-corrected chi connectivity index (χ2v) is 9.42. The number of halogens is 9. The summed E-state index contributed by atoms with van der Waals surface area (Å²) < 4.78 is 127. The summed E-state index contributed by atoms with van der Waals surface area (Å²) in [6, 6.07) is 17.9. The van der Waals surface area contributed by atoms with Crippen molar-refractivity contribution in [1.82, 2.24) is 0 Å². The predicted octanol–water partition coefficient (Wildman–Crippen LogP) is 8.82. The average Bonchev–Trinajstić information content (AvgIpc) is 2.91. The number of carbonyl (C=O) groups excluding carboxylic acids is 1. The van der Waals surface area contributed by atoms with Crippen molar-refractivity contribution in [3.05, 3.63) is 77.4 Å². The van der Waals surface area contributed by atoms with Gasteiger partial charge in [0, 0.05) is 6.42 Å². The Morgan fingerprint density at radius 1 is 0.707 bits per heavy atom. The number of aryl methyl sites for hydroxylation is 2. The molecule has 0 aromatic heterocycles. The van der Waals surface area contributed by atoms with E-state index in [1.165, 1.54) is 0 Å². The van der Waals surface area contributed by atoms with Gasteiger partial charge in [0.2, 0.25) is 0 Å². The SMILES string of the molecule is CCOC(=O)c1ccc(CCc2ccc3cc(OCCCCC(F)(F)C(F)(F)C(F)(F)C(F)(F)F)ccc3c2)cc1. The highest BCUT2D eigenvalue weighted by atomic mass is 19.4. The highest BCUT2D eigenvalue weighted by molar-refractivity contribution is 5.89. The van der Waals surface area contributed by atoms with Gasteiger partial charge in [0.05, 0.1) is 18.8 Å². The smallest absolute Gasteiger partial charge is 0.460 e. The Bertz CT molecular complexity index is 1320. The molecule has 0 aliphatic rings. The van der Waals surface area contributed by atoms with Crippen molar-refractivity contribution in [1.29, 1.82) is 0 Å². The molecular formula is C29H27F9O3. The molecule has 0 saturated carbocycles. The van der Waals surface area contributed by atoms with E-state index in [0.717, 1.165) is 34.7 Å². The zero-order valence-corrected chi connectivity index (χ0v) is 21.8. The highest BCUT2D eigenvalue weighted by Crippen LogP contribution is 2.54. The number of unbranched alkanes of at least 4 members (excludes halogenated alkanes) is 1. The highest BCUT2D eigenvalue weighted by Gasteiger charge is 2.81. The Morgan fingerprint density at radius 3 is 1.93 bits per heavy atom. The van der Waals surface area contributed by atoms with Crippen LogP contribution < -0.4 is 4.74 Å². The number of benzene rings is 3. The van der Waals surface area contributed by atoms with Crippen LogP contribution in [0.2, 0.25) is 0 Å². The number of ether oxygens (including phenoxy) is 2. The largest absolute Gasteiger partial charge is 0.494 e. The number of hydrogen-bond acceptors (Lipinski definition) is 3. The molecule has 0 amide bonds. The van der Waals surface area contributed by atoms with Gasteiger partial charge in [0.1, 0.15) is 5.75 Å². The molecule has 3 aromatic rings. The Balaban J connectivity index is 1.50. The Hall–Kier alpha value is -3.44. The quantitative estimate of drug-likeness (QED) is 0.113. The van der Waals surface area contributed by atoms with Gasteiger partial charge in [-0.1, -0.05) is 36.4 Å². The van der Waals surface area contributed by atoms with Crippen LogP contribution in [0.3, 0.4) is 0 Å². The maximum Gasteiger partial charge on any atom is 0.460 e. The normalized spacial score (nSPS) is 12.9. The molecule has 0 atom stereocenters. The van der Waals surface area contributed by atoms with E-state index in [1.807, 2.05) is 30.3 Å². The Labute approximate surface area is 230 Å². The first-order valence-corrected chi connectivity index (χ1v) is 12.7. The molecule has 0 radical (unpaired) electrons. The Morgan fingerprint density at radius 2 is 1.29 bits per heavy atom. The van der Waals surface area contributed by atoms with Crippen LogP contribution in [-0.2, 0) is 17.6 Å². The first-order valence-electron chi connectivity index (χ1n) is 12.7. The predicted molar refractivity (Wildman–Crippen MR) is 134 cm³/mol. The topological polar surface area (TPSA) is 35.5 Å². The van der Waals surface area contributed by atoms with Crippen LogP contribution in [0.25, 0.3) is 10.8 Å². The van der Waals surface area contributed by atoms with Crippen molar-refractivity contribution in [3.63, 3.8) is 0 Å². The van der Waals surface area contributed by atoms with E-state index in [4.69, 9.17) is 9.47 Å². The summed E-state index contributed by atoms with van der Waals surface area (Å²) in [5, 5.41) is 1.69. The molecule has 0 aliphatic carbocycles. The maximum absolute atomic E-state index is 13.6. The van der Waals surface area contributed by atoms with Crippen molar-refractivity contribution < 1.29 is 53.8 Å². The summed E-state index contributed by atoms with van der Waals surface area (Å²) in [7, 11) is 0. The molecule has 3 aromatic carbocycles. The second-order valence-electron chi connectivity index (χ2n) is 9.42. The zero-order valence-electron chi connectivity index (χ0n) is 21.8. The van der Waals surface area contributed by atoms with Crippen molar-refractivity contribution >= 4 is 16.7 Å². The summed E-state index contributed by atoms with van der Waals surface area (Å²) in [5.41, 5.74) is 2.57. The standard InChI is InChI=1S/C29H27F9O3/c1-2-40-25(39)21-10-7-19(8-11-21)5-6-20-9-12-23-18-24(14-13-22(23)17-20)41-16-4-3-15-26(30,31)27(32,33)28(34,35)29(36,37)38/h7-14,17-18H,2-6,15-16H2,1H3. The monoisotopic (exact) mass is 594 g/mol. The second kappa shape index (κ2) is 12.6. The molecule has 0 spiro atoms. The van der Waals surface area contributed by atoms with Gasteiger partial charge in [-0.2, -0.15) is 39.5 Å². The van der Waals surface area contributed by atoms with E-state index in [2.05, 4.69) is 0 Å². The van der Waals surface area contributed by atoms with E-state index >= 15 is 0 Å². The van der Waals surface area contributed by atoms with Gasteiger partial charge < -0.3 is 9.47 Å². The zero-order chi connectivity index (χ0) is 30.5. The van der Waals surface area contributed by atoms with Crippen LogP contribution in [0.4, 0.5) is 39.5 Å². The maximum atomic E-state index is 13.6. The summed E-state index contributed by atoms with van der Waals surface area (Å²) in [4.78, 5) is 11.8. The first kappa shape index (κ1) is 32.1. The third-order valence-corrected chi connectivity index (χ3v) is 6.41. The van der Waals surface area contributed by atoms with Crippen LogP contribution in [0.5, 0.6) is 5.75 Å². The minimum absolute atomic E-state index is 0.240. The first-order chi connectivity index (χ1) is 19.1. The molecule has 3 nitrogen and oxygen atoms in total. The third kappa shape index (κ3) is 7.45. The number of rotatable bonds is 13. The van der Waals surface area contributed by atoms with Crippen molar-refractivity contribution in [2.24, 2.45) is 0 Å². The van der Waals surface area contributed by atoms with Crippen LogP contribution in [0.1, 0.15) is 47.7 Å². The molecule has 0 saturated heterocycles. The number of fused-ring (bicyclic) bond motifs is 1. The molecule has 3 rings (SSSR count). The minimum atomic E-state index is -6.87. The van der Waals surface area contributed by atoms with E-state index in [1.54, 1.807) is 37.3 Å².